The van der Waals surface area contributed by atoms with Crippen molar-refractivity contribution in [3.05, 3.63) is 38.2 Å². The summed E-state index contributed by atoms with van der Waals surface area (Å²) in [4.78, 5) is 46.5. The Balaban J connectivity index is 2.81. The van der Waals surface area contributed by atoms with Crippen LogP contribution in [0.2, 0.25) is 0 Å². The average molecular weight is 375 g/mol. The van der Waals surface area contributed by atoms with Crippen LogP contribution >= 0.6 is 0 Å². The number of carbonyl (C=O) groups excluding carboxylic acids is 1. The number of carbonyl (C=O) groups is 1. The van der Waals surface area contributed by atoms with Gasteiger partial charge in [0.1, 0.15) is 0 Å². The fraction of sp³-hybridized carbons (Fsp3) is 0.579. The second-order valence-corrected chi connectivity index (χ2v) is 7.54. The molecule has 2 heterocycles. The molecule has 2 N–H and O–H groups in total. The smallest absolute Gasteiger partial charge is 0.330 e. The zero-order chi connectivity index (χ0) is 20.3. The number of H-pyrrole nitrogens is 1. The van der Waals surface area contributed by atoms with Gasteiger partial charge >= 0.3 is 5.69 Å². The van der Waals surface area contributed by atoms with E-state index in [1.807, 2.05) is 34.7 Å². The molecule has 0 radical (unpaired) electrons. The SMILES string of the molecule is CNCCN(C)C(=O)c1cc(C(C)C)nc2c1c(=O)[nH]c(=O)n2CC(C)C. The van der Waals surface area contributed by atoms with E-state index < -0.39 is 11.2 Å². The van der Waals surface area contributed by atoms with Crippen LogP contribution in [0.3, 0.4) is 0 Å². The standard InChI is InChI=1S/C19H29N5O3/c1-11(2)10-24-16-15(17(25)22-19(24)27)13(9-14(21-16)12(3)4)18(26)23(6)8-7-20-5/h9,11-12,20H,7-8,10H2,1-6H3,(H,22,25,27). The molecule has 0 unspecified atom stereocenters. The normalized spacial score (nSPS) is 11.6. The van der Waals surface area contributed by atoms with Crippen LogP contribution in [0.25, 0.3) is 11.0 Å². The van der Waals surface area contributed by atoms with Crippen LogP contribution in [-0.2, 0) is 6.54 Å². The maximum atomic E-state index is 13.0. The summed E-state index contributed by atoms with van der Waals surface area (Å²) in [6, 6.07) is 1.67. The Bertz CT molecular complexity index is 943. The summed E-state index contributed by atoms with van der Waals surface area (Å²) >= 11 is 0. The largest absolute Gasteiger partial charge is 0.340 e. The summed E-state index contributed by atoms with van der Waals surface area (Å²) in [6.07, 6.45) is 0. The first kappa shape index (κ1) is 20.8. The van der Waals surface area contributed by atoms with Crippen molar-refractivity contribution in [2.24, 2.45) is 5.92 Å². The zero-order valence-electron chi connectivity index (χ0n) is 16.9. The van der Waals surface area contributed by atoms with Gasteiger partial charge in [0, 0.05) is 32.4 Å². The molecule has 0 saturated heterocycles. The number of hydrogen-bond donors (Lipinski definition) is 2. The number of nitrogens with zero attached hydrogens (tertiary/aromatic N) is 3. The maximum absolute atomic E-state index is 13.0. The lowest BCUT2D eigenvalue weighted by molar-refractivity contribution is 0.0798. The minimum atomic E-state index is -0.580. The van der Waals surface area contributed by atoms with Gasteiger partial charge in [-0.05, 0) is 24.9 Å². The highest BCUT2D eigenvalue weighted by Gasteiger charge is 2.22. The van der Waals surface area contributed by atoms with Crippen molar-refractivity contribution < 1.29 is 4.79 Å². The van der Waals surface area contributed by atoms with E-state index in [2.05, 4.69) is 15.3 Å². The number of fused-ring (bicyclic) bond motifs is 1. The minimum Gasteiger partial charge on any atom is -0.340 e. The molecule has 0 spiro atoms. The van der Waals surface area contributed by atoms with E-state index in [1.54, 1.807) is 18.0 Å². The summed E-state index contributed by atoms with van der Waals surface area (Å²) < 4.78 is 1.46. The van der Waals surface area contributed by atoms with Gasteiger partial charge in [-0.15, -0.1) is 0 Å². The molecule has 1 amide bonds. The van der Waals surface area contributed by atoms with E-state index in [0.29, 0.717) is 25.3 Å². The Labute approximate surface area is 158 Å². The minimum absolute atomic E-state index is 0.0467. The first-order chi connectivity index (χ1) is 12.7. The maximum Gasteiger partial charge on any atom is 0.330 e. The third-order valence-corrected chi connectivity index (χ3v) is 4.38. The summed E-state index contributed by atoms with van der Waals surface area (Å²) in [7, 11) is 3.51. The molecule has 0 aliphatic carbocycles. The lowest BCUT2D eigenvalue weighted by atomic mass is 10.0. The van der Waals surface area contributed by atoms with Gasteiger partial charge in [0.25, 0.3) is 11.5 Å². The first-order valence-corrected chi connectivity index (χ1v) is 9.25. The van der Waals surface area contributed by atoms with Crippen LogP contribution in [0.1, 0.15) is 49.7 Å². The molecule has 8 nitrogen and oxygen atoms in total. The molecule has 0 aliphatic rings. The molecule has 0 saturated carbocycles. The summed E-state index contributed by atoms with van der Waals surface area (Å²) in [5.41, 5.74) is 0.144. The number of likely N-dealkylation sites (N-methyl/N-ethyl adjacent to an activating group) is 2. The third-order valence-electron chi connectivity index (χ3n) is 4.38. The highest BCUT2D eigenvalue weighted by atomic mass is 16.2. The molecule has 0 atom stereocenters. The molecule has 27 heavy (non-hydrogen) atoms. The second kappa shape index (κ2) is 8.47. The lowest BCUT2D eigenvalue weighted by Crippen LogP contribution is -2.36. The Morgan fingerprint density at radius 2 is 1.96 bits per heavy atom. The second-order valence-electron chi connectivity index (χ2n) is 7.54. The predicted molar refractivity (Wildman–Crippen MR) is 106 cm³/mol. The molecule has 2 rings (SSSR count). The van der Waals surface area contributed by atoms with Crippen LogP contribution in [0.4, 0.5) is 0 Å². The highest BCUT2D eigenvalue weighted by Crippen LogP contribution is 2.21. The number of hydrogen-bond acceptors (Lipinski definition) is 5. The highest BCUT2D eigenvalue weighted by molar-refractivity contribution is 6.05. The van der Waals surface area contributed by atoms with Crippen molar-refractivity contribution in [1.82, 2.24) is 24.8 Å². The van der Waals surface area contributed by atoms with Crippen LogP contribution in [0.15, 0.2) is 15.7 Å². The van der Waals surface area contributed by atoms with Gasteiger partial charge in [-0.25, -0.2) is 9.78 Å². The van der Waals surface area contributed by atoms with Gasteiger partial charge in [-0.1, -0.05) is 27.7 Å². The van der Waals surface area contributed by atoms with Gasteiger partial charge < -0.3 is 10.2 Å². The van der Waals surface area contributed by atoms with Crippen LogP contribution in [-0.4, -0.2) is 52.5 Å². The molecule has 8 heteroatoms. The third kappa shape index (κ3) is 4.44. The molecule has 2 aromatic heterocycles. The van der Waals surface area contributed by atoms with Crippen molar-refractivity contribution in [3.8, 4) is 0 Å². The topological polar surface area (TPSA) is 100 Å². The van der Waals surface area contributed by atoms with E-state index >= 15 is 0 Å². The fourth-order valence-electron chi connectivity index (χ4n) is 2.88. The summed E-state index contributed by atoms with van der Waals surface area (Å²) in [6.45, 7) is 9.43. The molecule has 0 aliphatic heterocycles. The van der Waals surface area contributed by atoms with Crippen molar-refractivity contribution in [3.63, 3.8) is 0 Å². The molecule has 0 fully saturated rings. The van der Waals surface area contributed by atoms with E-state index in [-0.39, 0.29) is 34.3 Å². The Morgan fingerprint density at radius 1 is 1.30 bits per heavy atom. The Morgan fingerprint density at radius 3 is 2.52 bits per heavy atom. The monoisotopic (exact) mass is 375 g/mol. The van der Waals surface area contributed by atoms with E-state index in [1.165, 1.54) is 4.57 Å². The Kier molecular flexibility index (Phi) is 6.54. The molecule has 0 bridgehead atoms. The van der Waals surface area contributed by atoms with Gasteiger partial charge in [-0.3, -0.25) is 19.1 Å². The number of nitrogens with one attached hydrogen (secondary N) is 2. The summed E-state index contributed by atoms with van der Waals surface area (Å²) in [5, 5.41) is 3.17. The number of aromatic amines is 1. The summed E-state index contributed by atoms with van der Waals surface area (Å²) in [5.74, 6) is -0.0380. The van der Waals surface area contributed by atoms with E-state index in [9.17, 15) is 14.4 Å². The lowest BCUT2D eigenvalue weighted by Gasteiger charge is -2.20. The van der Waals surface area contributed by atoms with Crippen LogP contribution < -0.4 is 16.6 Å². The van der Waals surface area contributed by atoms with E-state index in [4.69, 9.17) is 0 Å². The van der Waals surface area contributed by atoms with Crippen molar-refractivity contribution in [1.29, 1.82) is 0 Å². The average Bonchev–Trinajstić information content (AvgIpc) is 2.60. The number of rotatable bonds is 7. The molecule has 2 aromatic rings. The number of pyridine rings is 1. The molecule has 0 aromatic carbocycles. The van der Waals surface area contributed by atoms with Crippen molar-refractivity contribution >= 4 is 16.9 Å². The van der Waals surface area contributed by atoms with Gasteiger partial charge in [0.15, 0.2) is 5.65 Å². The molecular formula is C19H29N5O3. The van der Waals surface area contributed by atoms with Gasteiger partial charge in [0.2, 0.25) is 0 Å². The van der Waals surface area contributed by atoms with Crippen molar-refractivity contribution in [2.75, 3.05) is 27.2 Å². The van der Waals surface area contributed by atoms with Crippen LogP contribution in [0.5, 0.6) is 0 Å². The predicted octanol–water partition coefficient (Wildman–Crippen LogP) is 1.16. The van der Waals surface area contributed by atoms with Crippen LogP contribution in [0, 0.1) is 5.92 Å². The number of aromatic nitrogens is 3. The van der Waals surface area contributed by atoms with Gasteiger partial charge in [-0.2, -0.15) is 0 Å². The van der Waals surface area contributed by atoms with Gasteiger partial charge in [0.05, 0.1) is 10.9 Å². The number of amides is 1. The molecular weight excluding hydrogens is 346 g/mol. The fourth-order valence-corrected chi connectivity index (χ4v) is 2.88. The van der Waals surface area contributed by atoms with E-state index in [0.717, 1.165) is 0 Å². The zero-order valence-corrected chi connectivity index (χ0v) is 16.9. The van der Waals surface area contributed by atoms with Crippen molar-refractivity contribution in [2.45, 2.75) is 40.2 Å². The molecule has 148 valence electrons. The quantitative estimate of drug-likeness (QED) is 0.756. The first-order valence-electron chi connectivity index (χ1n) is 9.25. The Hall–Kier alpha value is -2.48.